The lowest BCUT2D eigenvalue weighted by molar-refractivity contribution is -0.119. The maximum Gasteiger partial charge on any atom is 0.168 e. The highest BCUT2D eigenvalue weighted by Crippen LogP contribution is 2.43. The molecule has 23 heavy (non-hydrogen) atoms. The third-order valence-electron chi connectivity index (χ3n) is 5.31. The zero-order valence-corrected chi connectivity index (χ0v) is 15.3. The number of epoxide rings is 1. The summed E-state index contributed by atoms with van der Waals surface area (Å²) in [7, 11) is 0. The first-order valence-corrected chi connectivity index (χ1v) is 8.91. The van der Waals surface area contributed by atoms with Crippen LogP contribution in [0.4, 0.5) is 0 Å². The standard InChI is InChI=1S/C20H32O3/c1-14(2)16-8-11-19(4,22)10-6-7-15(3)13-17(21)18-20(5,23-18)12-9-16/h7-8,11,14,16,18,22H,6,9-10,12-13H2,1-5H3/b11-8+,15-7+/t16-,18-,19+,20?/m0/s1. The Balaban J connectivity index is 2.18. The van der Waals surface area contributed by atoms with Crippen LogP contribution in [0.15, 0.2) is 23.8 Å². The van der Waals surface area contributed by atoms with Crippen molar-refractivity contribution in [3.8, 4) is 0 Å². The molecule has 1 aliphatic carbocycles. The minimum atomic E-state index is -0.791. The largest absolute Gasteiger partial charge is 0.386 e. The summed E-state index contributed by atoms with van der Waals surface area (Å²) in [4.78, 5) is 12.4. The van der Waals surface area contributed by atoms with Crippen molar-refractivity contribution >= 4 is 5.78 Å². The zero-order chi connectivity index (χ0) is 17.3. The molecule has 0 radical (unpaired) electrons. The first-order valence-electron chi connectivity index (χ1n) is 8.91. The van der Waals surface area contributed by atoms with Gasteiger partial charge in [-0.25, -0.2) is 0 Å². The molecule has 0 aromatic carbocycles. The van der Waals surface area contributed by atoms with Gasteiger partial charge in [-0.2, -0.15) is 0 Å². The number of fused-ring (bicyclic) bond motifs is 1. The molecule has 4 atom stereocenters. The molecule has 2 aliphatic rings. The summed E-state index contributed by atoms with van der Waals surface area (Å²) < 4.78 is 5.76. The van der Waals surface area contributed by atoms with E-state index < -0.39 is 5.60 Å². The molecule has 1 unspecified atom stereocenters. The second-order valence-corrected chi connectivity index (χ2v) is 8.21. The molecule has 3 nitrogen and oxygen atoms in total. The van der Waals surface area contributed by atoms with E-state index in [-0.39, 0.29) is 17.5 Å². The summed E-state index contributed by atoms with van der Waals surface area (Å²) in [5, 5.41) is 10.5. The monoisotopic (exact) mass is 320 g/mol. The van der Waals surface area contributed by atoms with Crippen molar-refractivity contribution in [3.05, 3.63) is 23.8 Å². The van der Waals surface area contributed by atoms with E-state index in [1.165, 1.54) is 0 Å². The first-order chi connectivity index (χ1) is 10.6. The van der Waals surface area contributed by atoms with Gasteiger partial charge in [-0.05, 0) is 58.3 Å². The Bertz CT molecular complexity index is 501. The Labute approximate surface area is 140 Å². The maximum absolute atomic E-state index is 12.4. The zero-order valence-electron chi connectivity index (χ0n) is 15.3. The molecule has 0 aromatic heterocycles. The molecule has 2 rings (SSSR count). The summed E-state index contributed by atoms with van der Waals surface area (Å²) in [6.07, 6.45) is 9.77. The highest BCUT2D eigenvalue weighted by atomic mass is 16.6. The molecule has 1 saturated heterocycles. The molecule has 0 bridgehead atoms. The topological polar surface area (TPSA) is 49.8 Å². The fourth-order valence-electron chi connectivity index (χ4n) is 3.40. The Morgan fingerprint density at radius 1 is 1.30 bits per heavy atom. The molecule has 0 amide bonds. The SMILES string of the molecule is C/C1=C\CC[C@@](C)(O)/C=C/[C@H](C(C)C)CCC2(C)O[C@H]2C(=O)C1. The fourth-order valence-corrected chi connectivity index (χ4v) is 3.40. The average molecular weight is 320 g/mol. The van der Waals surface area contributed by atoms with Crippen LogP contribution in [0.1, 0.15) is 66.7 Å². The minimum Gasteiger partial charge on any atom is -0.386 e. The van der Waals surface area contributed by atoms with E-state index in [1.54, 1.807) is 0 Å². The van der Waals surface area contributed by atoms with Crippen LogP contribution < -0.4 is 0 Å². The van der Waals surface area contributed by atoms with Gasteiger partial charge in [-0.15, -0.1) is 0 Å². The van der Waals surface area contributed by atoms with Crippen molar-refractivity contribution in [2.45, 2.75) is 84.0 Å². The molecular weight excluding hydrogens is 288 g/mol. The summed E-state index contributed by atoms with van der Waals surface area (Å²) in [6.45, 7) is 10.3. The van der Waals surface area contributed by atoms with Crippen LogP contribution in [0, 0.1) is 11.8 Å². The number of hydrogen-bond acceptors (Lipinski definition) is 3. The van der Waals surface area contributed by atoms with Crippen LogP contribution >= 0.6 is 0 Å². The lowest BCUT2D eigenvalue weighted by atomic mass is 9.84. The third-order valence-corrected chi connectivity index (χ3v) is 5.31. The van der Waals surface area contributed by atoms with Crippen LogP contribution in [0.3, 0.4) is 0 Å². The number of hydrogen-bond donors (Lipinski definition) is 1. The molecule has 1 heterocycles. The molecule has 0 spiro atoms. The van der Waals surface area contributed by atoms with Crippen LogP contribution in [0.2, 0.25) is 0 Å². The molecule has 1 N–H and O–H groups in total. The van der Waals surface area contributed by atoms with Gasteiger partial charge >= 0.3 is 0 Å². The van der Waals surface area contributed by atoms with E-state index in [4.69, 9.17) is 4.74 Å². The maximum atomic E-state index is 12.4. The van der Waals surface area contributed by atoms with Crippen LogP contribution in [-0.2, 0) is 9.53 Å². The van der Waals surface area contributed by atoms with E-state index in [0.717, 1.165) is 24.8 Å². The number of aliphatic hydroxyl groups is 1. The van der Waals surface area contributed by atoms with Gasteiger partial charge in [0.25, 0.3) is 0 Å². The van der Waals surface area contributed by atoms with Gasteiger partial charge < -0.3 is 9.84 Å². The highest BCUT2D eigenvalue weighted by Gasteiger charge is 2.55. The summed E-state index contributed by atoms with van der Waals surface area (Å²) in [5.74, 6) is 1.11. The van der Waals surface area contributed by atoms with Gasteiger partial charge in [0.05, 0.1) is 11.2 Å². The molecule has 130 valence electrons. The van der Waals surface area contributed by atoms with E-state index >= 15 is 0 Å². The Morgan fingerprint density at radius 3 is 2.65 bits per heavy atom. The summed E-state index contributed by atoms with van der Waals surface area (Å²) in [6, 6.07) is 0. The first kappa shape index (κ1) is 18.4. The van der Waals surface area contributed by atoms with Crippen LogP contribution in [-0.4, -0.2) is 28.2 Å². The lowest BCUT2D eigenvalue weighted by Gasteiger charge is -2.23. The average Bonchev–Trinajstić information content (AvgIpc) is 3.09. The highest BCUT2D eigenvalue weighted by molar-refractivity contribution is 5.88. The molecule has 0 aromatic rings. The van der Waals surface area contributed by atoms with Gasteiger partial charge in [0.2, 0.25) is 0 Å². The van der Waals surface area contributed by atoms with Crippen molar-refractivity contribution in [2.24, 2.45) is 11.8 Å². The van der Waals surface area contributed by atoms with Gasteiger partial charge in [0.1, 0.15) is 6.10 Å². The minimum absolute atomic E-state index is 0.196. The smallest absolute Gasteiger partial charge is 0.168 e. The normalized spacial score (nSPS) is 43.3. The molecule has 0 saturated carbocycles. The van der Waals surface area contributed by atoms with Gasteiger partial charge in [0.15, 0.2) is 5.78 Å². The quantitative estimate of drug-likeness (QED) is 0.582. The van der Waals surface area contributed by atoms with Crippen molar-refractivity contribution in [3.63, 3.8) is 0 Å². The Morgan fingerprint density at radius 2 is 2.00 bits per heavy atom. The lowest BCUT2D eigenvalue weighted by Crippen LogP contribution is -2.23. The number of carbonyl (C=O) groups is 1. The van der Waals surface area contributed by atoms with Crippen molar-refractivity contribution in [1.29, 1.82) is 0 Å². The van der Waals surface area contributed by atoms with Crippen LogP contribution in [0.5, 0.6) is 0 Å². The Kier molecular flexibility index (Phi) is 5.52. The van der Waals surface area contributed by atoms with E-state index in [9.17, 15) is 9.90 Å². The number of Topliss-reactive ketones (excluding diaryl/α,β-unsaturated/α-hetero) is 1. The number of carbonyl (C=O) groups excluding carboxylic acids is 1. The molecule has 1 fully saturated rings. The second-order valence-electron chi connectivity index (χ2n) is 8.21. The van der Waals surface area contributed by atoms with Gasteiger partial charge in [-0.1, -0.05) is 37.6 Å². The number of ketones is 1. The van der Waals surface area contributed by atoms with Gasteiger partial charge in [0, 0.05) is 6.42 Å². The molecule has 3 heteroatoms. The van der Waals surface area contributed by atoms with Gasteiger partial charge in [-0.3, -0.25) is 4.79 Å². The van der Waals surface area contributed by atoms with E-state index in [1.807, 2.05) is 19.9 Å². The number of rotatable bonds is 1. The fraction of sp³-hybridized carbons (Fsp3) is 0.750. The summed E-state index contributed by atoms with van der Waals surface area (Å²) >= 11 is 0. The van der Waals surface area contributed by atoms with Crippen LogP contribution in [0.25, 0.3) is 0 Å². The molecular formula is C20H32O3. The van der Waals surface area contributed by atoms with E-state index in [2.05, 4.69) is 32.9 Å². The number of allylic oxidation sites excluding steroid dienone is 3. The predicted octanol–water partition coefficient (Wildman–Crippen LogP) is 4.20. The van der Waals surface area contributed by atoms with Crippen molar-refractivity contribution in [1.82, 2.24) is 0 Å². The number of ether oxygens (including phenoxy) is 1. The van der Waals surface area contributed by atoms with E-state index in [0.29, 0.717) is 24.7 Å². The predicted molar refractivity (Wildman–Crippen MR) is 93.2 cm³/mol. The van der Waals surface area contributed by atoms with Crippen molar-refractivity contribution < 1.29 is 14.6 Å². The Hall–Kier alpha value is -0.930. The second kappa shape index (κ2) is 6.90. The third kappa shape index (κ3) is 5.02. The summed E-state index contributed by atoms with van der Waals surface area (Å²) in [5.41, 5.74) is -0.00400. The van der Waals surface area contributed by atoms with Crippen molar-refractivity contribution in [2.75, 3.05) is 0 Å². The molecule has 1 aliphatic heterocycles.